The highest BCUT2D eigenvalue weighted by molar-refractivity contribution is 5.94. The smallest absolute Gasteiger partial charge is 0.254 e. The summed E-state index contributed by atoms with van der Waals surface area (Å²) in [5, 5.41) is 2.40. The Hall–Kier alpha value is -2.84. The van der Waals surface area contributed by atoms with Crippen LogP contribution in [0.3, 0.4) is 0 Å². The van der Waals surface area contributed by atoms with E-state index >= 15 is 0 Å². The van der Waals surface area contributed by atoms with Gasteiger partial charge in [0.25, 0.3) is 5.91 Å². The van der Waals surface area contributed by atoms with E-state index in [0.29, 0.717) is 11.9 Å². The van der Waals surface area contributed by atoms with Crippen molar-refractivity contribution in [3.8, 4) is 5.75 Å². The Balaban J connectivity index is 1.73. The summed E-state index contributed by atoms with van der Waals surface area (Å²) in [6.45, 7) is 1.73. The molecule has 0 spiro atoms. The lowest BCUT2D eigenvalue weighted by atomic mass is 10.1. The van der Waals surface area contributed by atoms with Gasteiger partial charge in [0.05, 0.1) is 19.2 Å². The molecule has 0 aliphatic carbocycles. The van der Waals surface area contributed by atoms with E-state index in [1.54, 1.807) is 12.3 Å². The minimum Gasteiger partial charge on any atom is -0.491 e. The fourth-order valence-electron chi connectivity index (χ4n) is 2.78. The first-order valence-corrected chi connectivity index (χ1v) is 8.07. The van der Waals surface area contributed by atoms with Crippen LogP contribution in [-0.4, -0.2) is 36.1 Å². The molecule has 0 saturated carbocycles. The van der Waals surface area contributed by atoms with Crippen molar-refractivity contribution in [2.75, 3.05) is 25.1 Å². The number of hydrogen-bond donors (Lipinski definition) is 1. The lowest BCUT2D eigenvalue weighted by Crippen LogP contribution is -2.26. The zero-order valence-corrected chi connectivity index (χ0v) is 14.1. The van der Waals surface area contributed by atoms with Gasteiger partial charge in [-0.3, -0.25) is 4.79 Å². The Morgan fingerprint density at radius 1 is 1.27 bits per heavy atom. The Morgan fingerprint density at radius 3 is 2.69 bits per heavy atom. The molecule has 6 nitrogen and oxygen atoms in total. The number of amides is 1. The molecule has 0 unspecified atom stereocenters. The summed E-state index contributed by atoms with van der Waals surface area (Å²) >= 11 is 0. The zero-order chi connectivity index (χ0) is 18.7. The fourth-order valence-corrected chi connectivity index (χ4v) is 2.78. The maximum Gasteiger partial charge on any atom is 0.254 e. The number of ether oxygens (including phenoxy) is 1. The molecule has 1 amide bonds. The Bertz CT molecular complexity index is 826. The van der Waals surface area contributed by atoms with E-state index in [9.17, 15) is 18.0 Å². The predicted molar refractivity (Wildman–Crippen MR) is 87.5 cm³/mol. The van der Waals surface area contributed by atoms with Gasteiger partial charge in [-0.1, -0.05) is 0 Å². The SMILES string of the molecule is COc1c(F)c(F)cc(C(=O)NCc2nccc(N3CCCC3)n2)c1F. The van der Waals surface area contributed by atoms with Crippen LogP contribution in [0.2, 0.25) is 0 Å². The first kappa shape index (κ1) is 18.0. The van der Waals surface area contributed by atoms with Crippen molar-refractivity contribution < 1.29 is 22.7 Å². The average molecular weight is 366 g/mol. The van der Waals surface area contributed by atoms with Crippen LogP contribution >= 0.6 is 0 Å². The summed E-state index contributed by atoms with van der Waals surface area (Å²) in [6.07, 6.45) is 3.75. The van der Waals surface area contributed by atoms with Crippen LogP contribution < -0.4 is 15.0 Å². The average Bonchev–Trinajstić information content (AvgIpc) is 3.18. The van der Waals surface area contributed by atoms with E-state index in [1.807, 2.05) is 0 Å². The predicted octanol–water partition coefficient (Wildman–Crippen LogP) is 2.43. The quantitative estimate of drug-likeness (QED) is 0.824. The lowest BCUT2D eigenvalue weighted by Gasteiger charge is -2.16. The number of nitrogens with one attached hydrogen (secondary N) is 1. The third-order valence-electron chi connectivity index (χ3n) is 4.09. The topological polar surface area (TPSA) is 67.3 Å². The number of aromatic nitrogens is 2. The summed E-state index contributed by atoms with van der Waals surface area (Å²) in [5.41, 5.74) is -0.656. The van der Waals surface area contributed by atoms with Crippen molar-refractivity contribution in [3.05, 3.63) is 47.2 Å². The second-order valence-corrected chi connectivity index (χ2v) is 5.78. The van der Waals surface area contributed by atoms with Gasteiger partial charge in [-0.2, -0.15) is 4.39 Å². The van der Waals surface area contributed by atoms with Crippen molar-refractivity contribution in [1.29, 1.82) is 0 Å². The minimum atomic E-state index is -1.48. The van der Waals surface area contributed by atoms with Crippen LogP contribution in [-0.2, 0) is 6.54 Å². The summed E-state index contributed by atoms with van der Waals surface area (Å²) in [6, 6.07) is 2.26. The molecule has 0 bridgehead atoms. The molecule has 1 aliphatic rings. The van der Waals surface area contributed by atoms with Gasteiger partial charge in [0, 0.05) is 19.3 Å². The molecule has 1 fully saturated rings. The maximum atomic E-state index is 14.1. The molecular weight excluding hydrogens is 349 g/mol. The van der Waals surface area contributed by atoms with Crippen molar-refractivity contribution in [2.24, 2.45) is 0 Å². The van der Waals surface area contributed by atoms with E-state index in [-0.39, 0.29) is 6.54 Å². The van der Waals surface area contributed by atoms with Gasteiger partial charge < -0.3 is 15.0 Å². The van der Waals surface area contributed by atoms with Crippen LogP contribution in [0.15, 0.2) is 18.3 Å². The largest absolute Gasteiger partial charge is 0.491 e. The van der Waals surface area contributed by atoms with Crippen molar-refractivity contribution in [1.82, 2.24) is 15.3 Å². The number of carbonyl (C=O) groups is 1. The summed E-state index contributed by atoms with van der Waals surface area (Å²) < 4.78 is 45.6. The molecule has 1 N–H and O–H groups in total. The monoisotopic (exact) mass is 366 g/mol. The third kappa shape index (κ3) is 3.56. The molecule has 1 aliphatic heterocycles. The fraction of sp³-hybridized carbons (Fsp3) is 0.353. The second-order valence-electron chi connectivity index (χ2n) is 5.78. The molecule has 26 heavy (non-hydrogen) atoms. The number of carbonyl (C=O) groups excluding carboxylic acids is 1. The molecular formula is C17H17F3N4O2. The minimum absolute atomic E-state index is 0.0821. The van der Waals surface area contributed by atoms with E-state index in [4.69, 9.17) is 0 Å². The summed E-state index contributed by atoms with van der Waals surface area (Å²) in [5.74, 6) is -4.91. The number of anilines is 1. The number of hydrogen-bond acceptors (Lipinski definition) is 5. The summed E-state index contributed by atoms with van der Waals surface area (Å²) in [7, 11) is 0.986. The zero-order valence-electron chi connectivity index (χ0n) is 14.1. The first-order chi connectivity index (χ1) is 12.5. The van der Waals surface area contributed by atoms with Gasteiger partial charge in [-0.25, -0.2) is 18.7 Å². The molecule has 0 atom stereocenters. The number of halogens is 3. The molecule has 1 aromatic heterocycles. The normalized spacial score (nSPS) is 13.8. The van der Waals surface area contributed by atoms with Crippen molar-refractivity contribution in [2.45, 2.75) is 19.4 Å². The number of nitrogens with zero attached hydrogens (tertiary/aromatic N) is 3. The van der Waals surface area contributed by atoms with Gasteiger partial charge in [0.2, 0.25) is 5.82 Å². The van der Waals surface area contributed by atoms with Gasteiger partial charge in [-0.05, 0) is 25.0 Å². The molecule has 9 heteroatoms. The molecule has 0 radical (unpaired) electrons. The molecule has 2 aromatic rings. The van der Waals surface area contributed by atoms with E-state index in [1.165, 1.54) is 0 Å². The van der Waals surface area contributed by atoms with Gasteiger partial charge in [0.1, 0.15) is 11.6 Å². The summed E-state index contributed by atoms with van der Waals surface area (Å²) in [4.78, 5) is 22.7. The van der Waals surface area contributed by atoms with Crippen LogP contribution in [0.5, 0.6) is 5.75 Å². The molecule has 3 rings (SSSR count). The first-order valence-electron chi connectivity index (χ1n) is 8.07. The lowest BCUT2D eigenvalue weighted by molar-refractivity contribution is 0.0944. The third-order valence-corrected chi connectivity index (χ3v) is 4.09. The van der Waals surface area contributed by atoms with E-state index in [0.717, 1.165) is 38.9 Å². The van der Waals surface area contributed by atoms with Crippen LogP contribution in [0, 0.1) is 17.5 Å². The Labute approximate surface area is 148 Å². The van der Waals surface area contributed by atoms with Crippen molar-refractivity contribution in [3.63, 3.8) is 0 Å². The molecule has 138 valence electrons. The van der Waals surface area contributed by atoms with Crippen LogP contribution in [0.1, 0.15) is 29.0 Å². The van der Waals surface area contributed by atoms with Gasteiger partial charge >= 0.3 is 0 Å². The van der Waals surface area contributed by atoms with Crippen LogP contribution in [0.4, 0.5) is 19.0 Å². The highest BCUT2D eigenvalue weighted by Gasteiger charge is 2.23. The maximum absolute atomic E-state index is 14.1. The van der Waals surface area contributed by atoms with Crippen LogP contribution in [0.25, 0.3) is 0 Å². The Kier molecular flexibility index (Phi) is 5.24. The van der Waals surface area contributed by atoms with Gasteiger partial charge in [-0.15, -0.1) is 0 Å². The standard InChI is InChI=1S/C17H17F3N4O2/c1-26-16-14(19)10(8-11(18)15(16)20)17(25)22-9-12-21-5-4-13(23-12)24-6-2-3-7-24/h4-5,8H,2-3,6-7,9H2,1H3,(H,22,25). The van der Waals surface area contributed by atoms with Crippen molar-refractivity contribution >= 4 is 11.7 Å². The number of methoxy groups -OCH3 is 1. The van der Waals surface area contributed by atoms with Gasteiger partial charge in [0.15, 0.2) is 17.4 Å². The van der Waals surface area contributed by atoms with E-state index in [2.05, 4.69) is 24.9 Å². The second kappa shape index (κ2) is 7.59. The number of rotatable bonds is 5. The Morgan fingerprint density at radius 2 is 2.00 bits per heavy atom. The molecule has 1 saturated heterocycles. The number of benzene rings is 1. The molecule has 2 heterocycles. The molecule has 1 aromatic carbocycles. The highest BCUT2D eigenvalue weighted by Crippen LogP contribution is 2.27. The highest BCUT2D eigenvalue weighted by atomic mass is 19.2. The van der Waals surface area contributed by atoms with E-state index < -0.39 is 34.7 Å².